The van der Waals surface area contributed by atoms with Crippen molar-refractivity contribution in [1.29, 1.82) is 0 Å². The summed E-state index contributed by atoms with van der Waals surface area (Å²) in [4.78, 5) is 10.0. The standard InChI is InChI=1S/C50H29N3O/c1-2-11-31-24-34(22-20-30(31)10-1)53-47-19-8-7-16-39(47)42-25-32(21-23-48(42)53)45-17-9-18-46(52-45)33-26-44-43-27-40-37-14-5-3-12-35(37)36-13-4-6-15-38(36)41(40)28-49(43)54-50(44)51-29-33/h1-29H. The first-order valence-corrected chi connectivity index (χ1v) is 18.3. The van der Waals surface area contributed by atoms with Crippen LogP contribution in [0.25, 0.3) is 115 Å². The zero-order chi connectivity index (χ0) is 35.3. The Labute approximate surface area is 309 Å². The van der Waals surface area contributed by atoms with Crippen molar-refractivity contribution < 1.29 is 4.42 Å². The summed E-state index contributed by atoms with van der Waals surface area (Å²) >= 11 is 0. The predicted molar refractivity (Wildman–Crippen MR) is 225 cm³/mol. The third-order valence-corrected chi connectivity index (χ3v) is 11.2. The highest BCUT2D eigenvalue weighted by Crippen LogP contribution is 2.41. The number of benzene rings is 8. The van der Waals surface area contributed by atoms with E-state index in [4.69, 9.17) is 14.4 Å². The van der Waals surface area contributed by atoms with E-state index in [1.807, 2.05) is 6.20 Å². The Morgan fingerprint density at radius 2 is 1.02 bits per heavy atom. The molecule has 0 aliphatic heterocycles. The van der Waals surface area contributed by atoms with Gasteiger partial charge in [0, 0.05) is 44.6 Å². The number of nitrogens with zero attached hydrogens (tertiary/aromatic N) is 3. The van der Waals surface area contributed by atoms with Crippen molar-refractivity contribution in [3.63, 3.8) is 0 Å². The third-order valence-electron chi connectivity index (χ3n) is 11.2. The van der Waals surface area contributed by atoms with Crippen molar-refractivity contribution >= 4 is 87.0 Å². The SMILES string of the molecule is c1cc(-c2cnc3oc4cc5c6ccccc6c6ccccc6c5cc4c3c2)nc(-c2ccc3c(c2)c2ccccc2n3-c2ccc3ccccc3c2)c1. The first-order chi connectivity index (χ1) is 26.7. The van der Waals surface area contributed by atoms with Gasteiger partial charge in [0.15, 0.2) is 0 Å². The van der Waals surface area contributed by atoms with E-state index >= 15 is 0 Å². The molecule has 0 aliphatic rings. The molecule has 8 aromatic carbocycles. The number of hydrogen-bond donors (Lipinski definition) is 0. The molecular weight excluding hydrogens is 659 g/mol. The molecule has 0 amide bonds. The van der Waals surface area contributed by atoms with Crippen LogP contribution in [0.2, 0.25) is 0 Å². The van der Waals surface area contributed by atoms with Gasteiger partial charge in [0.05, 0.1) is 22.4 Å². The van der Waals surface area contributed by atoms with E-state index < -0.39 is 0 Å². The summed E-state index contributed by atoms with van der Waals surface area (Å²) in [6.45, 7) is 0. The number of rotatable bonds is 3. The van der Waals surface area contributed by atoms with E-state index in [0.717, 1.165) is 44.6 Å². The molecule has 0 aliphatic carbocycles. The first-order valence-electron chi connectivity index (χ1n) is 18.3. The Kier molecular flexibility index (Phi) is 6.02. The lowest BCUT2D eigenvalue weighted by molar-refractivity contribution is 0.654. The average Bonchev–Trinajstić information content (AvgIpc) is 3.77. The van der Waals surface area contributed by atoms with Gasteiger partial charge in [0.25, 0.3) is 0 Å². The van der Waals surface area contributed by atoms with Gasteiger partial charge in [-0.25, -0.2) is 9.97 Å². The van der Waals surface area contributed by atoms with Crippen LogP contribution >= 0.6 is 0 Å². The molecule has 250 valence electrons. The smallest absolute Gasteiger partial charge is 0.227 e. The third kappa shape index (κ3) is 4.25. The lowest BCUT2D eigenvalue weighted by Gasteiger charge is -2.10. The molecule has 12 rings (SSSR count). The Bertz CT molecular complexity index is 3520. The number of para-hydroxylation sites is 1. The minimum Gasteiger partial charge on any atom is -0.438 e. The van der Waals surface area contributed by atoms with Gasteiger partial charge < -0.3 is 8.98 Å². The maximum absolute atomic E-state index is 6.40. The summed E-state index contributed by atoms with van der Waals surface area (Å²) in [5.74, 6) is 0. The summed E-state index contributed by atoms with van der Waals surface area (Å²) in [6, 6.07) is 60.8. The second-order valence-corrected chi connectivity index (χ2v) is 14.2. The molecule has 4 heteroatoms. The van der Waals surface area contributed by atoms with Gasteiger partial charge in [-0.1, -0.05) is 109 Å². The number of furan rings is 1. The van der Waals surface area contributed by atoms with E-state index in [-0.39, 0.29) is 0 Å². The summed E-state index contributed by atoms with van der Waals surface area (Å²) < 4.78 is 8.77. The highest BCUT2D eigenvalue weighted by molar-refractivity contribution is 6.28. The second kappa shape index (κ2) is 11.1. The summed E-state index contributed by atoms with van der Waals surface area (Å²) in [7, 11) is 0. The summed E-state index contributed by atoms with van der Waals surface area (Å²) in [6.07, 6.45) is 1.88. The molecule has 0 N–H and O–H groups in total. The molecule has 12 aromatic rings. The molecule has 0 radical (unpaired) electrons. The largest absolute Gasteiger partial charge is 0.438 e. The maximum Gasteiger partial charge on any atom is 0.227 e. The molecule has 54 heavy (non-hydrogen) atoms. The zero-order valence-corrected chi connectivity index (χ0v) is 29.0. The van der Waals surface area contributed by atoms with Crippen molar-refractivity contribution in [2.45, 2.75) is 0 Å². The van der Waals surface area contributed by atoms with Crippen LogP contribution in [0.15, 0.2) is 180 Å². The Balaban J connectivity index is 0.990. The topological polar surface area (TPSA) is 43.9 Å². The molecule has 4 nitrogen and oxygen atoms in total. The van der Waals surface area contributed by atoms with Crippen molar-refractivity contribution in [1.82, 2.24) is 14.5 Å². The molecule has 0 saturated heterocycles. The van der Waals surface area contributed by atoms with Crippen LogP contribution < -0.4 is 0 Å². The van der Waals surface area contributed by atoms with Crippen LogP contribution in [0.3, 0.4) is 0 Å². The maximum atomic E-state index is 6.40. The van der Waals surface area contributed by atoms with Crippen LogP contribution in [0, 0.1) is 0 Å². The molecule has 0 atom stereocenters. The number of pyridine rings is 2. The van der Waals surface area contributed by atoms with Crippen molar-refractivity contribution in [2.24, 2.45) is 0 Å². The Morgan fingerprint density at radius 3 is 1.81 bits per heavy atom. The molecular formula is C50H29N3O. The quantitative estimate of drug-likeness (QED) is 0.174. The van der Waals surface area contributed by atoms with Gasteiger partial charge in [-0.2, -0.15) is 0 Å². The van der Waals surface area contributed by atoms with Gasteiger partial charge in [0.1, 0.15) is 5.58 Å². The lowest BCUT2D eigenvalue weighted by Crippen LogP contribution is -1.94. The molecule has 0 unspecified atom stereocenters. The molecule has 4 heterocycles. The Morgan fingerprint density at radius 1 is 0.389 bits per heavy atom. The van der Waals surface area contributed by atoms with Crippen LogP contribution in [0.1, 0.15) is 0 Å². The number of hydrogen-bond acceptors (Lipinski definition) is 3. The second-order valence-electron chi connectivity index (χ2n) is 14.2. The van der Waals surface area contributed by atoms with Crippen molar-refractivity contribution in [2.75, 3.05) is 0 Å². The van der Waals surface area contributed by atoms with Crippen LogP contribution in [0.4, 0.5) is 0 Å². The molecule has 4 aromatic heterocycles. The minimum atomic E-state index is 0.627. The first kappa shape index (κ1) is 29.3. The average molecular weight is 688 g/mol. The molecule has 0 spiro atoms. The fourth-order valence-corrected chi connectivity index (χ4v) is 8.68. The monoisotopic (exact) mass is 687 g/mol. The van der Waals surface area contributed by atoms with Gasteiger partial charge >= 0.3 is 0 Å². The van der Waals surface area contributed by atoms with Crippen LogP contribution in [-0.2, 0) is 0 Å². The van der Waals surface area contributed by atoms with Gasteiger partial charge in [-0.15, -0.1) is 0 Å². The lowest BCUT2D eigenvalue weighted by atomic mass is 9.93. The molecule has 0 bridgehead atoms. The highest BCUT2D eigenvalue weighted by Gasteiger charge is 2.17. The number of fused-ring (bicyclic) bond motifs is 13. The predicted octanol–water partition coefficient (Wildman–Crippen LogP) is 13.4. The van der Waals surface area contributed by atoms with E-state index in [0.29, 0.717) is 5.71 Å². The Hall–Kier alpha value is -7.30. The number of aromatic nitrogens is 3. The fraction of sp³-hybridized carbons (Fsp3) is 0. The summed E-state index contributed by atoms with van der Waals surface area (Å²) in [5, 5.41) is 14.3. The minimum absolute atomic E-state index is 0.627. The van der Waals surface area contributed by atoms with Crippen molar-refractivity contribution in [3.05, 3.63) is 176 Å². The normalized spacial score (nSPS) is 12.1. The van der Waals surface area contributed by atoms with Crippen LogP contribution in [0.5, 0.6) is 0 Å². The van der Waals surface area contributed by atoms with E-state index in [1.54, 1.807) is 0 Å². The summed E-state index contributed by atoms with van der Waals surface area (Å²) in [5.41, 5.74) is 8.76. The van der Waals surface area contributed by atoms with E-state index in [9.17, 15) is 0 Å². The van der Waals surface area contributed by atoms with Crippen molar-refractivity contribution in [3.8, 4) is 28.2 Å². The van der Waals surface area contributed by atoms with Gasteiger partial charge in [-0.05, 0) is 104 Å². The van der Waals surface area contributed by atoms with Crippen LogP contribution in [-0.4, -0.2) is 14.5 Å². The van der Waals surface area contributed by atoms with Gasteiger partial charge in [0.2, 0.25) is 5.71 Å². The van der Waals surface area contributed by atoms with Gasteiger partial charge in [-0.3, -0.25) is 0 Å². The zero-order valence-electron chi connectivity index (χ0n) is 29.0. The molecule has 0 saturated carbocycles. The van der Waals surface area contributed by atoms with E-state index in [2.05, 4.69) is 174 Å². The molecule has 0 fully saturated rings. The van der Waals surface area contributed by atoms with E-state index in [1.165, 1.54) is 64.9 Å². The fourth-order valence-electron chi connectivity index (χ4n) is 8.68. The highest BCUT2D eigenvalue weighted by atomic mass is 16.3.